The van der Waals surface area contributed by atoms with E-state index in [-0.39, 0.29) is 11.8 Å². The van der Waals surface area contributed by atoms with Gasteiger partial charge in [0.15, 0.2) is 0 Å². The van der Waals surface area contributed by atoms with Gasteiger partial charge in [0.05, 0.1) is 34.6 Å². The molecule has 5 aromatic rings. The van der Waals surface area contributed by atoms with E-state index in [0.29, 0.717) is 0 Å². The van der Waals surface area contributed by atoms with Crippen molar-refractivity contribution >= 4 is 0 Å². The van der Waals surface area contributed by atoms with E-state index in [4.69, 9.17) is 15.0 Å². The molecule has 1 aliphatic heterocycles. The van der Waals surface area contributed by atoms with Crippen LogP contribution in [0.25, 0.3) is 0 Å². The second-order valence-corrected chi connectivity index (χ2v) is 8.78. The van der Waals surface area contributed by atoms with E-state index >= 15 is 0 Å². The Morgan fingerprint density at radius 1 is 0.382 bits per heavy atom. The van der Waals surface area contributed by atoms with Gasteiger partial charge in [-0.15, -0.1) is 0 Å². The summed E-state index contributed by atoms with van der Waals surface area (Å²) in [5, 5.41) is 0. The zero-order valence-electron chi connectivity index (χ0n) is 18.9. The lowest BCUT2D eigenvalue weighted by atomic mass is 9.88. The molecule has 0 amide bonds. The Kier molecular flexibility index (Phi) is 5.44. The summed E-state index contributed by atoms with van der Waals surface area (Å²) in [5.74, 6) is -0.0660. The maximum Gasteiger partial charge on any atom is 0.0686 e. The zero-order valence-corrected chi connectivity index (χ0v) is 18.9. The first-order valence-corrected chi connectivity index (χ1v) is 11.8. The molecule has 0 N–H and O–H groups in total. The SMILES string of the molecule is c1ccc(C2c3cccc(n3)CCc3cccc(n3)C(c3ccccc3)c3cccc2n3)cc1. The van der Waals surface area contributed by atoms with Gasteiger partial charge in [0.2, 0.25) is 0 Å². The van der Waals surface area contributed by atoms with E-state index in [1.165, 1.54) is 11.1 Å². The monoisotopic (exact) mass is 439 g/mol. The lowest BCUT2D eigenvalue weighted by molar-refractivity contribution is 0.817. The first kappa shape index (κ1) is 20.5. The molecule has 164 valence electrons. The summed E-state index contributed by atoms with van der Waals surface area (Å²) < 4.78 is 0. The number of benzene rings is 2. The second kappa shape index (κ2) is 9.03. The first-order valence-electron chi connectivity index (χ1n) is 11.8. The summed E-state index contributed by atoms with van der Waals surface area (Å²) in [6.45, 7) is 0. The van der Waals surface area contributed by atoms with Gasteiger partial charge in [-0.3, -0.25) is 15.0 Å². The Morgan fingerprint density at radius 2 is 0.765 bits per heavy atom. The van der Waals surface area contributed by atoms with Crippen molar-refractivity contribution < 1.29 is 0 Å². The fourth-order valence-corrected chi connectivity index (χ4v) is 4.92. The molecule has 0 radical (unpaired) electrons. The van der Waals surface area contributed by atoms with Crippen LogP contribution < -0.4 is 0 Å². The van der Waals surface area contributed by atoms with Gasteiger partial charge in [0, 0.05) is 11.4 Å². The molecular formula is C31H25N3. The fraction of sp³-hybridized carbons (Fsp3) is 0.129. The minimum atomic E-state index is -0.0330. The summed E-state index contributed by atoms with van der Waals surface area (Å²) >= 11 is 0. The number of fused-ring (bicyclic) bond motifs is 6. The van der Waals surface area contributed by atoms with E-state index in [9.17, 15) is 0 Å². The molecule has 0 fully saturated rings. The van der Waals surface area contributed by atoms with E-state index in [1.807, 2.05) is 0 Å². The maximum atomic E-state index is 5.28. The van der Waals surface area contributed by atoms with Crippen LogP contribution in [-0.4, -0.2) is 15.0 Å². The van der Waals surface area contributed by atoms with E-state index < -0.39 is 0 Å². The van der Waals surface area contributed by atoms with Gasteiger partial charge in [0.1, 0.15) is 0 Å². The predicted octanol–water partition coefficient (Wildman–Crippen LogP) is 6.33. The molecule has 2 aromatic carbocycles. The van der Waals surface area contributed by atoms with Crippen molar-refractivity contribution in [2.24, 2.45) is 0 Å². The smallest absolute Gasteiger partial charge is 0.0686 e. The van der Waals surface area contributed by atoms with Crippen LogP contribution in [0.5, 0.6) is 0 Å². The highest BCUT2D eigenvalue weighted by Gasteiger charge is 2.25. The van der Waals surface area contributed by atoms with Gasteiger partial charge in [-0.2, -0.15) is 0 Å². The predicted molar refractivity (Wildman–Crippen MR) is 135 cm³/mol. The molecule has 0 saturated heterocycles. The minimum absolute atomic E-state index is 0.0330. The number of aromatic nitrogens is 3. The zero-order chi connectivity index (χ0) is 22.7. The fourth-order valence-electron chi connectivity index (χ4n) is 4.92. The second-order valence-electron chi connectivity index (χ2n) is 8.78. The quantitative estimate of drug-likeness (QED) is 0.323. The van der Waals surface area contributed by atoms with Crippen molar-refractivity contribution in [2.45, 2.75) is 24.7 Å². The number of rotatable bonds is 2. The lowest BCUT2D eigenvalue weighted by Gasteiger charge is -2.21. The summed E-state index contributed by atoms with van der Waals surface area (Å²) in [7, 11) is 0. The summed E-state index contributed by atoms with van der Waals surface area (Å²) in [6.07, 6.45) is 1.71. The number of hydrogen-bond donors (Lipinski definition) is 0. The molecule has 0 spiro atoms. The van der Waals surface area contributed by atoms with Crippen LogP contribution >= 0.6 is 0 Å². The average molecular weight is 440 g/mol. The van der Waals surface area contributed by atoms with Crippen molar-refractivity contribution in [3.05, 3.63) is 161 Å². The van der Waals surface area contributed by atoms with Crippen molar-refractivity contribution in [2.75, 3.05) is 0 Å². The highest BCUT2D eigenvalue weighted by molar-refractivity contribution is 5.42. The molecule has 3 aromatic heterocycles. The van der Waals surface area contributed by atoms with Crippen LogP contribution in [0.15, 0.2) is 115 Å². The van der Waals surface area contributed by atoms with Crippen LogP contribution in [0.1, 0.15) is 57.1 Å². The van der Waals surface area contributed by atoms with Gasteiger partial charge < -0.3 is 0 Å². The normalized spacial score (nSPS) is 17.2. The third-order valence-electron chi connectivity index (χ3n) is 6.53. The molecule has 4 heterocycles. The van der Waals surface area contributed by atoms with Crippen molar-refractivity contribution in [1.82, 2.24) is 15.0 Å². The first-order chi connectivity index (χ1) is 16.8. The molecular weight excluding hydrogens is 414 g/mol. The Morgan fingerprint density at radius 3 is 1.21 bits per heavy atom. The van der Waals surface area contributed by atoms with Crippen LogP contribution in [0, 0.1) is 0 Å². The Labute approximate surface area is 200 Å². The highest BCUT2D eigenvalue weighted by Crippen LogP contribution is 2.34. The molecule has 2 unspecified atom stereocenters. The summed E-state index contributed by atoms with van der Waals surface area (Å²) in [6, 6.07) is 40.3. The number of hydrogen-bond acceptors (Lipinski definition) is 3. The molecule has 6 bridgehead atoms. The van der Waals surface area contributed by atoms with Gasteiger partial charge in [0.25, 0.3) is 0 Å². The van der Waals surface area contributed by atoms with Gasteiger partial charge in [-0.05, 0) is 60.4 Å². The maximum absolute atomic E-state index is 5.28. The average Bonchev–Trinajstić information content (AvgIpc) is 2.90. The number of pyridine rings is 3. The number of aryl methyl sites for hydroxylation is 2. The molecule has 34 heavy (non-hydrogen) atoms. The van der Waals surface area contributed by atoms with E-state index in [0.717, 1.165) is 47.0 Å². The van der Waals surface area contributed by atoms with E-state index in [2.05, 4.69) is 115 Å². The Bertz CT molecular complexity index is 1310. The molecule has 2 atom stereocenters. The van der Waals surface area contributed by atoms with Gasteiger partial charge in [-0.25, -0.2) is 0 Å². The lowest BCUT2D eigenvalue weighted by Crippen LogP contribution is -2.12. The van der Waals surface area contributed by atoms with Crippen molar-refractivity contribution in [3.63, 3.8) is 0 Å². The molecule has 1 aliphatic rings. The van der Waals surface area contributed by atoms with Gasteiger partial charge in [-0.1, -0.05) is 78.9 Å². The molecule has 0 aliphatic carbocycles. The molecule has 6 rings (SSSR count). The molecule has 3 nitrogen and oxygen atoms in total. The van der Waals surface area contributed by atoms with Gasteiger partial charge >= 0.3 is 0 Å². The minimum Gasteiger partial charge on any atom is -0.257 e. The highest BCUT2D eigenvalue weighted by atomic mass is 14.8. The standard InChI is InChI=1S/C31H25N3/c1-3-10-22(11-4-1)30-26-16-7-14-24(32-26)20-21-25-15-8-17-27(33-25)31(23-12-5-2-6-13-23)29-19-9-18-28(30)34-29/h1-19,30-31H,20-21H2. The van der Waals surface area contributed by atoms with Crippen LogP contribution in [0.3, 0.4) is 0 Å². The number of nitrogens with zero attached hydrogens (tertiary/aromatic N) is 3. The largest absolute Gasteiger partial charge is 0.257 e. The van der Waals surface area contributed by atoms with Crippen LogP contribution in [-0.2, 0) is 12.8 Å². The third-order valence-corrected chi connectivity index (χ3v) is 6.53. The van der Waals surface area contributed by atoms with Crippen molar-refractivity contribution in [3.8, 4) is 0 Å². The summed E-state index contributed by atoms with van der Waals surface area (Å²) in [5.41, 5.74) is 8.63. The van der Waals surface area contributed by atoms with Crippen molar-refractivity contribution in [1.29, 1.82) is 0 Å². The van der Waals surface area contributed by atoms with Crippen LogP contribution in [0.4, 0.5) is 0 Å². The molecule has 3 heteroatoms. The van der Waals surface area contributed by atoms with E-state index in [1.54, 1.807) is 0 Å². The van der Waals surface area contributed by atoms with Crippen LogP contribution in [0.2, 0.25) is 0 Å². The Hall–Kier alpha value is -4.11. The topological polar surface area (TPSA) is 38.7 Å². The third kappa shape index (κ3) is 4.01. The molecule has 0 saturated carbocycles. The summed E-state index contributed by atoms with van der Waals surface area (Å²) in [4.78, 5) is 15.5. The Balaban J connectivity index is 1.60.